The summed E-state index contributed by atoms with van der Waals surface area (Å²) >= 11 is 0. The number of methoxy groups -OCH3 is 1. The maximum atomic E-state index is 12.3. The van der Waals surface area contributed by atoms with Crippen LogP contribution in [0.15, 0.2) is 12.4 Å². The van der Waals surface area contributed by atoms with Gasteiger partial charge in [-0.05, 0) is 32.4 Å². The second-order valence-corrected chi connectivity index (χ2v) is 5.51. The lowest BCUT2D eigenvalue weighted by Gasteiger charge is -2.23. The van der Waals surface area contributed by atoms with Gasteiger partial charge in [0.05, 0.1) is 7.11 Å². The number of carbonyl (C=O) groups is 1. The SMILES string of the molecule is COc1cc(NC(=O)N2CCC(N3CCCC3)C2)ncn1. The van der Waals surface area contributed by atoms with Gasteiger partial charge in [-0.25, -0.2) is 14.8 Å². The predicted molar refractivity (Wildman–Crippen MR) is 78.4 cm³/mol. The molecule has 0 bridgehead atoms. The van der Waals surface area contributed by atoms with Crippen LogP contribution in [-0.2, 0) is 0 Å². The fraction of sp³-hybridized carbons (Fsp3) is 0.643. The molecule has 0 aromatic carbocycles. The molecule has 0 radical (unpaired) electrons. The lowest BCUT2D eigenvalue weighted by atomic mass is 10.2. The average Bonchev–Trinajstić information content (AvgIpc) is 3.18. The Bertz CT molecular complexity index is 504. The van der Waals surface area contributed by atoms with E-state index in [-0.39, 0.29) is 6.03 Å². The third-order valence-corrected chi connectivity index (χ3v) is 4.19. The summed E-state index contributed by atoms with van der Waals surface area (Å²) in [6.45, 7) is 3.94. The number of hydrogen-bond donors (Lipinski definition) is 1. The Labute approximate surface area is 124 Å². The molecule has 0 saturated carbocycles. The largest absolute Gasteiger partial charge is 0.481 e. The Morgan fingerprint density at radius 2 is 2.14 bits per heavy atom. The number of urea groups is 1. The van der Waals surface area contributed by atoms with Crippen LogP contribution in [0.25, 0.3) is 0 Å². The molecule has 1 unspecified atom stereocenters. The van der Waals surface area contributed by atoms with Gasteiger partial charge in [-0.3, -0.25) is 10.2 Å². The van der Waals surface area contributed by atoms with Crippen molar-refractivity contribution in [1.29, 1.82) is 0 Å². The van der Waals surface area contributed by atoms with Crippen molar-refractivity contribution in [1.82, 2.24) is 19.8 Å². The maximum absolute atomic E-state index is 12.3. The molecule has 1 atom stereocenters. The van der Waals surface area contributed by atoms with Crippen LogP contribution in [-0.4, -0.2) is 65.1 Å². The van der Waals surface area contributed by atoms with Gasteiger partial charge in [0.2, 0.25) is 5.88 Å². The molecule has 1 aromatic rings. The van der Waals surface area contributed by atoms with Crippen LogP contribution in [0.5, 0.6) is 5.88 Å². The molecule has 21 heavy (non-hydrogen) atoms. The normalized spacial score (nSPS) is 22.5. The molecular weight excluding hydrogens is 270 g/mol. The Morgan fingerprint density at radius 1 is 1.33 bits per heavy atom. The highest BCUT2D eigenvalue weighted by molar-refractivity contribution is 5.88. The molecule has 114 valence electrons. The van der Waals surface area contributed by atoms with Gasteiger partial charge in [0.1, 0.15) is 12.1 Å². The Kier molecular flexibility index (Phi) is 4.19. The second kappa shape index (κ2) is 6.26. The third kappa shape index (κ3) is 3.24. The number of hydrogen-bond acceptors (Lipinski definition) is 5. The molecule has 2 amide bonds. The van der Waals surface area contributed by atoms with Crippen molar-refractivity contribution in [3.05, 3.63) is 12.4 Å². The highest BCUT2D eigenvalue weighted by atomic mass is 16.5. The quantitative estimate of drug-likeness (QED) is 0.905. The van der Waals surface area contributed by atoms with Gasteiger partial charge in [0.15, 0.2) is 0 Å². The van der Waals surface area contributed by atoms with E-state index in [0.717, 1.165) is 19.5 Å². The molecule has 7 nitrogen and oxygen atoms in total. The van der Waals surface area contributed by atoms with Crippen LogP contribution in [0.1, 0.15) is 19.3 Å². The highest BCUT2D eigenvalue weighted by Crippen LogP contribution is 2.21. The molecule has 2 aliphatic heterocycles. The molecule has 1 N–H and O–H groups in total. The van der Waals surface area contributed by atoms with Crippen LogP contribution < -0.4 is 10.1 Å². The molecular formula is C14H21N5O2. The maximum Gasteiger partial charge on any atom is 0.323 e. The summed E-state index contributed by atoms with van der Waals surface area (Å²) in [7, 11) is 1.54. The number of amides is 2. The molecule has 0 aliphatic carbocycles. The van der Waals surface area contributed by atoms with Gasteiger partial charge in [-0.2, -0.15) is 0 Å². The molecule has 2 aliphatic rings. The third-order valence-electron chi connectivity index (χ3n) is 4.19. The van der Waals surface area contributed by atoms with Crippen molar-refractivity contribution in [2.24, 2.45) is 0 Å². The fourth-order valence-corrected chi connectivity index (χ4v) is 3.04. The van der Waals surface area contributed by atoms with Gasteiger partial charge in [-0.15, -0.1) is 0 Å². The topological polar surface area (TPSA) is 70.6 Å². The van der Waals surface area contributed by atoms with E-state index < -0.39 is 0 Å². The van der Waals surface area contributed by atoms with Crippen molar-refractivity contribution in [2.45, 2.75) is 25.3 Å². The number of anilines is 1. The number of carbonyl (C=O) groups excluding carboxylic acids is 1. The summed E-state index contributed by atoms with van der Waals surface area (Å²) in [5.41, 5.74) is 0. The number of aromatic nitrogens is 2. The van der Waals surface area contributed by atoms with Gasteiger partial charge < -0.3 is 9.64 Å². The minimum Gasteiger partial charge on any atom is -0.481 e. The van der Waals surface area contributed by atoms with Crippen LogP contribution in [0.3, 0.4) is 0 Å². The summed E-state index contributed by atoms with van der Waals surface area (Å²) in [4.78, 5) is 24.6. The smallest absolute Gasteiger partial charge is 0.323 e. The minimum absolute atomic E-state index is 0.0996. The van der Waals surface area contributed by atoms with Crippen molar-refractivity contribution in [2.75, 3.05) is 38.6 Å². The standard InChI is InChI=1S/C14H21N5O2/c1-21-13-8-12(15-10-16-13)17-14(20)19-7-4-11(9-19)18-5-2-3-6-18/h8,10-11H,2-7,9H2,1H3,(H,15,16,17,20). The summed E-state index contributed by atoms with van der Waals surface area (Å²) in [5.74, 6) is 0.910. The van der Waals surface area contributed by atoms with Gasteiger partial charge in [-0.1, -0.05) is 0 Å². The molecule has 2 saturated heterocycles. The number of nitrogens with one attached hydrogen (secondary N) is 1. The van der Waals surface area contributed by atoms with Crippen molar-refractivity contribution >= 4 is 11.8 Å². The summed E-state index contributed by atoms with van der Waals surface area (Å²) in [6.07, 6.45) is 5.00. The number of rotatable bonds is 3. The van der Waals surface area contributed by atoms with Gasteiger partial charge in [0.25, 0.3) is 0 Å². The average molecular weight is 291 g/mol. The molecule has 3 heterocycles. The van der Waals surface area contributed by atoms with Crippen LogP contribution >= 0.6 is 0 Å². The number of ether oxygens (including phenoxy) is 1. The van der Waals surface area contributed by atoms with E-state index in [9.17, 15) is 4.79 Å². The first-order chi connectivity index (χ1) is 10.3. The molecule has 7 heteroatoms. The van der Waals surface area contributed by atoms with Gasteiger partial charge >= 0.3 is 6.03 Å². The van der Waals surface area contributed by atoms with E-state index in [1.54, 1.807) is 6.07 Å². The van der Waals surface area contributed by atoms with Crippen LogP contribution in [0.2, 0.25) is 0 Å². The van der Waals surface area contributed by atoms with Crippen molar-refractivity contribution in [3.63, 3.8) is 0 Å². The first-order valence-electron chi connectivity index (χ1n) is 7.42. The first-order valence-corrected chi connectivity index (χ1v) is 7.42. The molecule has 2 fully saturated rings. The Hall–Kier alpha value is -1.89. The lowest BCUT2D eigenvalue weighted by molar-refractivity contribution is 0.210. The number of likely N-dealkylation sites (tertiary alicyclic amines) is 2. The van der Waals surface area contributed by atoms with Crippen molar-refractivity contribution in [3.8, 4) is 5.88 Å². The zero-order valence-electron chi connectivity index (χ0n) is 12.3. The zero-order valence-corrected chi connectivity index (χ0v) is 12.3. The van der Waals surface area contributed by atoms with Crippen LogP contribution in [0, 0.1) is 0 Å². The zero-order chi connectivity index (χ0) is 14.7. The van der Waals surface area contributed by atoms with E-state index in [0.29, 0.717) is 17.7 Å². The fourth-order valence-electron chi connectivity index (χ4n) is 3.04. The van der Waals surface area contributed by atoms with E-state index in [2.05, 4.69) is 20.2 Å². The monoisotopic (exact) mass is 291 g/mol. The Balaban J connectivity index is 1.56. The van der Waals surface area contributed by atoms with E-state index >= 15 is 0 Å². The number of nitrogens with zero attached hydrogens (tertiary/aromatic N) is 4. The van der Waals surface area contributed by atoms with Crippen LogP contribution in [0.4, 0.5) is 10.6 Å². The predicted octanol–water partition coefficient (Wildman–Crippen LogP) is 1.19. The second-order valence-electron chi connectivity index (χ2n) is 5.51. The van der Waals surface area contributed by atoms with E-state index in [1.807, 2.05) is 4.90 Å². The van der Waals surface area contributed by atoms with Crippen molar-refractivity contribution < 1.29 is 9.53 Å². The summed E-state index contributed by atoms with van der Waals surface area (Å²) in [5, 5.41) is 2.81. The summed E-state index contributed by atoms with van der Waals surface area (Å²) < 4.78 is 5.02. The molecule has 0 spiro atoms. The summed E-state index contributed by atoms with van der Waals surface area (Å²) in [6, 6.07) is 2.03. The first kappa shape index (κ1) is 14.1. The molecule has 1 aromatic heterocycles. The van der Waals surface area contributed by atoms with Gasteiger partial charge in [0, 0.05) is 25.2 Å². The highest BCUT2D eigenvalue weighted by Gasteiger charge is 2.31. The molecule has 3 rings (SSSR count). The minimum atomic E-state index is -0.0996. The van der Waals surface area contributed by atoms with E-state index in [1.165, 1.54) is 39.4 Å². The van der Waals surface area contributed by atoms with E-state index in [4.69, 9.17) is 4.74 Å². The lowest BCUT2D eigenvalue weighted by Crippen LogP contribution is -2.38. The Morgan fingerprint density at radius 3 is 2.90 bits per heavy atom.